The number of hydroxylamine groups is 1. The third-order valence-electron chi connectivity index (χ3n) is 4.57. The van der Waals surface area contributed by atoms with Gasteiger partial charge in [-0.15, -0.1) is 0 Å². The van der Waals surface area contributed by atoms with E-state index in [9.17, 15) is 14.4 Å². The molecule has 0 unspecified atom stereocenters. The number of carbonyl (C=O) groups excluding carboxylic acids is 3. The molecule has 0 aliphatic carbocycles. The zero-order valence-electron chi connectivity index (χ0n) is 17.6. The Morgan fingerprint density at radius 3 is 2.34 bits per heavy atom. The smallest absolute Gasteiger partial charge is 0.329 e. The number of rotatable bonds is 13. The maximum Gasteiger partial charge on any atom is 0.329 e. The Kier molecular flexibility index (Phi) is 11.6. The Balaban J connectivity index is 2.87. The standard InChI is InChI=1S/C22H34N2O5/c1-4-5-6-10-13-18(15-20(25)24-28)21(26)23-19(22(27)29-16(2)3)14-17-11-8-7-9-12-17/h7-9,11-12,16,18-19,28H,4-6,10,13-15H2,1-3H3,(H,23,26)(H,24,25)/t18-,19+/m1/s1. The lowest BCUT2D eigenvalue weighted by Crippen LogP contribution is -2.47. The van der Waals surface area contributed by atoms with Crippen LogP contribution in [0.15, 0.2) is 30.3 Å². The normalized spacial score (nSPS) is 12.9. The molecule has 7 heteroatoms. The lowest BCUT2D eigenvalue weighted by Gasteiger charge is -2.22. The molecule has 0 aliphatic heterocycles. The lowest BCUT2D eigenvalue weighted by molar-refractivity contribution is -0.152. The van der Waals surface area contributed by atoms with Gasteiger partial charge in [0.25, 0.3) is 0 Å². The van der Waals surface area contributed by atoms with E-state index in [2.05, 4.69) is 12.2 Å². The van der Waals surface area contributed by atoms with E-state index in [4.69, 9.17) is 9.94 Å². The number of hydrogen-bond acceptors (Lipinski definition) is 5. The van der Waals surface area contributed by atoms with E-state index in [1.165, 1.54) is 0 Å². The fourth-order valence-electron chi connectivity index (χ4n) is 3.06. The first-order valence-corrected chi connectivity index (χ1v) is 10.3. The van der Waals surface area contributed by atoms with Crippen molar-refractivity contribution in [3.05, 3.63) is 35.9 Å². The van der Waals surface area contributed by atoms with Gasteiger partial charge in [0.05, 0.1) is 6.10 Å². The van der Waals surface area contributed by atoms with Crippen molar-refractivity contribution < 1.29 is 24.3 Å². The van der Waals surface area contributed by atoms with Crippen molar-refractivity contribution in [1.82, 2.24) is 10.8 Å². The highest BCUT2D eigenvalue weighted by molar-refractivity contribution is 5.89. The fourth-order valence-corrected chi connectivity index (χ4v) is 3.06. The summed E-state index contributed by atoms with van der Waals surface area (Å²) in [6, 6.07) is 8.52. The summed E-state index contributed by atoms with van der Waals surface area (Å²) < 4.78 is 5.31. The van der Waals surface area contributed by atoms with Gasteiger partial charge in [-0.1, -0.05) is 62.9 Å². The third-order valence-corrected chi connectivity index (χ3v) is 4.57. The number of carbonyl (C=O) groups is 3. The molecular formula is C22H34N2O5. The first-order chi connectivity index (χ1) is 13.9. The quantitative estimate of drug-likeness (QED) is 0.202. The zero-order chi connectivity index (χ0) is 21.6. The molecule has 1 rings (SSSR count). The lowest BCUT2D eigenvalue weighted by atomic mass is 9.95. The molecule has 0 aliphatic rings. The SMILES string of the molecule is CCCCCC[C@H](CC(=O)NO)C(=O)N[C@@H](Cc1ccccc1)C(=O)OC(C)C. The van der Waals surface area contributed by atoms with Crippen LogP contribution in [0.3, 0.4) is 0 Å². The summed E-state index contributed by atoms with van der Waals surface area (Å²) in [5, 5.41) is 11.6. The van der Waals surface area contributed by atoms with Gasteiger partial charge in [0.1, 0.15) is 6.04 Å². The fraction of sp³-hybridized carbons (Fsp3) is 0.591. The van der Waals surface area contributed by atoms with Crippen molar-refractivity contribution in [2.45, 2.75) is 77.9 Å². The molecule has 162 valence electrons. The maximum absolute atomic E-state index is 12.9. The van der Waals surface area contributed by atoms with Crippen LogP contribution in [0.25, 0.3) is 0 Å². The molecule has 0 heterocycles. The minimum absolute atomic E-state index is 0.133. The largest absolute Gasteiger partial charge is 0.461 e. The molecule has 0 spiro atoms. The molecule has 7 nitrogen and oxygen atoms in total. The predicted octanol–water partition coefficient (Wildman–Crippen LogP) is 3.15. The summed E-state index contributed by atoms with van der Waals surface area (Å²) in [7, 11) is 0. The average molecular weight is 407 g/mol. The number of hydrogen-bond donors (Lipinski definition) is 3. The minimum Gasteiger partial charge on any atom is -0.461 e. The minimum atomic E-state index is -0.845. The van der Waals surface area contributed by atoms with Crippen molar-refractivity contribution in [3.63, 3.8) is 0 Å². The van der Waals surface area contributed by atoms with Gasteiger partial charge in [0, 0.05) is 18.8 Å². The van der Waals surface area contributed by atoms with Crippen molar-refractivity contribution >= 4 is 17.8 Å². The van der Waals surface area contributed by atoms with Gasteiger partial charge < -0.3 is 10.1 Å². The van der Waals surface area contributed by atoms with Crippen molar-refractivity contribution in [1.29, 1.82) is 0 Å². The molecule has 0 aromatic heterocycles. The van der Waals surface area contributed by atoms with Crippen molar-refractivity contribution in [3.8, 4) is 0 Å². The number of amides is 2. The first-order valence-electron chi connectivity index (χ1n) is 10.3. The zero-order valence-corrected chi connectivity index (χ0v) is 17.6. The number of esters is 1. The number of unbranched alkanes of at least 4 members (excludes halogenated alkanes) is 3. The van der Waals surface area contributed by atoms with E-state index in [1.54, 1.807) is 19.3 Å². The highest BCUT2D eigenvalue weighted by Crippen LogP contribution is 2.16. The van der Waals surface area contributed by atoms with E-state index < -0.39 is 23.8 Å². The second-order valence-electron chi connectivity index (χ2n) is 7.52. The highest BCUT2D eigenvalue weighted by Gasteiger charge is 2.28. The van der Waals surface area contributed by atoms with Crippen LogP contribution in [0.5, 0.6) is 0 Å². The summed E-state index contributed by atoms with van der Waals surface area (Å²) in [6.45, 7) is 5.60. The number of nitrogens with one attached hydrogen (secondary N) is 2. The van der Waals surface area contributed by atoms with Crippen LogP contribution in [-0.4, -0.2) is 35.1 Å². The van der Waals surface area contributed by atoms with Crippen LogP contribution in [-0.2, 0) is 25.5 Å². The van der Waals surface area contributed by atoms with E-state index in [0.29, 0.717) is 12.8 Å². The molecule has 2 amide bonds. The topological polar surface area (TPSA) is 105 Å². The molecular weight excluding hydrogens is 372 g/mol. The molecule has 1 aromatic rings. The molecule has 0 saturated heterocycles. The van der Waals surface area contributed by atoms with Gasteiger partial charge in [-0.3, -0.25) is 14.8 Å². The molecule has 2 atom stereocenters. The number of ether oxygens (including phenoxy) is 1. The Morgan fingerprint density at radius 1 is 1.07 bits per heavy atom. The molecule has 3 N–H and O–H groups in total. The molecule has 0 saturated carbocycles. The van der Waals surface area contributed by atoms with E-state index >= 15 is 0 Å². The Bertz CT molecular complexity index is 633. The Hall–Kier alpha value is -2.41. The van der Waals surface area contributed by atoms with Gasteiger partial charge in [-0.05, 0) is 25.8 Å². The maximum atomic E-state index is 12.9. The van der Waals surface area contributed by atoms with Gasteiger partial charge in [-0.25, -0.2) is 10.3 Å². The molecule has 0 radical (unpaired) electrons. The molecule has 0 fully saturated rings. The average Bonchev–Trinajstić information content (AvgIpc) is 2.69. The summed E-state index contributed by atoms with van der Waals surface area (Å²) >= 11 is 0. The van der Waals surface area contributed by atoms with Crippen LogP contribution in [0.1, 0.15) is 64.9 Å². The first kappa shape index (κ1) is 24.6. The monoisotopic (exact) mass is 406 g/mol. The van der Waals surface area contributed by atoms with Gasteiger partial charge in [-0.2, -0.15) is 0 Å². The summed E-state index contributed by atoms with van der Waals surface area (Å²) in [4.78, 5) is 37.0. The van der Waals surface area contributed by atoms with Crippen LogP contribution >= 0.6 is 0 Å². The van der Waals surface area contributed by atoms with Gasteiger partial charge >= 0.3 is 5.97 Å². The molecule has 1 aromatic carbocycles. The third kappa shape index (κ3) is 10.1. The van der Waals surface area contributed by atoms with Crippen molar-refractivity contribution in [2.75, 3.05) is 0 Å². The Labute approximate surface area is 173 Å². The van der Waals surface area contributed by atoms with Gasteiger partial charge in [0.15, 0.2) is 0 Å². The van der Waals surface area contributed by atoms with Crippen LogP contribution in [0.2, 0.25) is 0 Å². The Morgan fingerprint density at radius 2 is 1.76 bits per heavy atom. The summed E-state index contributed by atoms with van der Waals surface area (Å²) in [6.07, 6.45) is 4.25. The van der Waals surface area contributed by atoms with Crippen LogP contribution < -0.4 is 10.8 Å². The van der Waals surface area contributed by atoms with Crippen molar-refractivity contribution in [2.24, 2.45) is 5.92 Å². The van der Waals surface area contributed by atoms with E-state index in [-0.39, 0.29) is 18.4 Å². The van der Waals surface area contributed by atoms with Gasteiger partial charge in [0.2, 0.25) is 11.8 Å². The van der Waals surface area contributed by atoms with Crippen LogP contribution in [0, 0.1) is 5.92 Å². The second kappa shape index (κ2) is 13.7. The predicted molar refractivity (Wildman–Crippen MR) is 110 cm³/mol. The van der Waals surface area contributed by atoms with E-state index in [0.717, 1.165) is 31.2 Å². The molecule has 29 heavy (non-hydrogen) atoms. The highest BCUT2D eigenvalue weighted by atomic mass is 16.5. The van der Waals surface area contributed by atoms with E-state index in [1.807, 2.05) is 30.3 Å². The summed E-state index contributed by atoms with van der Waals surface area (Å²) in [5.41, 5.74) is 2.48. The molecule has 0 bridgehead atoms. The number of benzene rings is 1. The van der Waals surface area contributed by atoms with Crippen LogP contribution in [0.4, 0.5) is 0 Å². The second-order valence-corrected chi connectivity index (χ2v) is 7.52. The summed E-state index contributed by atoms with van der Waals surface area (Å²) in [5.74, 6) is -2.13.